The summed E-state index contributed by atoms with van der Waals surface area (Å²) in [4.78, 5) is 1.29. The molecule has 1 aromatic rings. The Morgan fingerprint density at radius 3 is 2.19 bits per heavy atom. The molecule has 0 fully saturated rings. The van der Waals surface area contributed by atoms with Gasteiger partial charge in [0.25, 0.3) is 0 Å². The van der Waals surface area contributed by atoms with Gasteiger partial charge in [0.15, 0.2) is 0 Å². The van der Waals surface area contributed by atoms with Crippen LogP contribution in [0.2, 0.25) is 0 Å². The van der Waals surface area contributed by atoms with Gasteiger partial charge < -0.3 is 5.11 Å². The van der Waals surface area contributed by atoms with Gasteiger partial charge in [-0.1, -0.05) is 32.9 Å². The Morgan fingerprint density at radius 2 is 1.75 bits per heavy atom. The van der Waals surface area contributed by atoms with Crippen LogP contribution in [-0.2, 0) is 0 Å². The summed E-state index contributed by atoms with van der Waals surface area (Å²) in [5.74, 6) is 1.15. The average molecular weight is 238 g/mol. The Morgan fingerprint density at radius 1 is 1.19 bits per heavy atom. The summed E-state index contributed by atoms with van der Waals surface area (Å²) in [6.07, 6.45) is 0.851. The van der Waals surface area contributed by atoms with Gasteiger partial charge in [0.1, 0.15) is 0 Å². The third-order valence-corrected chi connectivity index (χ3v) is 3.50. The summed E-state index contributed by atoms with van der Waals surface area (Å²) >= 11 is 1.89. The van der Waals surface area contributed by atoms with E-state index in [1.165, 1.54) is 11.3 Å². The van der Waals surface area contributed by atoms with Crippen LogP contribution in [-0.4, -0.2) is 10.9 Å². The molecule has 0 aromatic heterocycles. The maximum absolute atomic E-state index is 9.39. The molecule has 0 saturated heterocycles. The third-order valence-electron chi connectivity index (χ3n) is 2.48. The largest absolute Gasteiger partial charge is 0.389 e. The molecule has 1 atom stereocenters. The fraction of sp³-hybridized carbons (Fsp3) is 0.571. The van der Waals surface area contributed by atoms with Crippen molar-refractivity contribution >= 4 is 11.8 Å². The topological polar surface area (TPSA) is 20.2 Å². The van der Waals surface area contributed by atoms with E-state index in [1.54, 1.807) is 6.92 Å². The molecule has 1 rings (SSSR count). The molecule has 0 aliphatic heterocycles. The minimum absolute atomic E-state index is 0.367. The number of rotatable bonds is 4. The summed E-state index contributed by atoms with van der Waals surface area (Å²) in [6, 6.07) is 8.19. The Hall–Kier alpha value is -0.470. The van der Waals surface area contributed by atoms with Crippen molar-refractivity contribution in [2.45, 2.75) is 45.1 Å². The van der Waals surface area contributed by atoms with Crippen LogP contribution in [0.1, 0.15) is 45.8 Å². The first kappa shape index (κ1) is 13.6. The lowest BCUT2D eigenvalue weighted by Gasteiger charge is -2.17. The number of benzene rings is 1. The smallest absolute Gasteiger partial charge is 0.0761 e. The van der Waals surface area contributed by atoms with Crippen LogP contribution in [0.5, 0.6) is 0 Å². The van der Waals surface area contributed by atoms with Gasteiger partial charge in [-0.05, 0) is 42.2 Å². The van der Waals surface area contributed by atoms with Gasteiger partial charge in [0.2, 0.25) is 0 Å². The summed E-state index contributed by atoms with van der Waals surface area (Å²) in [6.45, 7) is 8.60. The molecule has 0 amide bonds. The minimum Gasteiger partial charge on any atom is -0.389 e. The van der Waals surface area contributed by atoms with E-state index in [4.69, 9.17) is 0 Å². The highest BCUT2D eigenvalue weighted by atomic mass is 32.2. The number of aliphatic hydroxyl groups is 1. The van der Waals surface area contributed by atoms with Crippen molar-refractivity contribution in [3.05, 3.63) is 29.8 Å². The monoisotopic (exact) mass is 238 g/mol. The van der Waals surface area contributed by atoms with Gasteiger partial charge in [-0.15, -0.1) is 11.8 Å². The van der Waals surface area contributed by atoms with E-state index < -0.39 is 0 Å². The Labute approximate surface area is 103 Å². The maximum Gasteiger partial charge on any atom is 0.0761 e. The van der Waals surface area contributed by atoms with Crippen LogP contribution < -0.4 is 0 Å². The first-order valence-electron chi connectivity index (χ1n) is 5.79. The molecule has 0 saturated carbocycles. The van der Waals surface area contributed by atoms with Crippen LogP contribution in [0.15, 0.2) is 29.2 Å². The summed E-state index contributed by atoms with van der Waals surface area (Å²) in [5.41, 5.74) is 1.40. The molecule has 0 aliphatic rings. The van der Waals surface area contributed by atoms with E-state index in [0.717, 1.165) is 11.3 Å². The zero-order valence-corrected chi connectivity index (χ0v) is 11.5. The molecule has 0 heterocycles. The minimum atomic E-state index is -0.367. The first-order chi connectivity index (χ1) is 7.38. The predicted octanol–water partition coefficient (Wildman–Crippen LogP) is 4.27. The molecule has 0 spiro atoms. The standard InChI is InChI=1S/C14H22OS/c1-11(15)12-5-7-13(8-6-12)16-10-9-14(2,3)4/h5-8,11,15H,9-10H2,1-4H3. The highest BCUT2D eigenvalue weighted by Gasteiger charge is 2.09. The van der Waals surface area contributed by atoms with E-state index in [0.29, 0.717) is 5.41 Å². The molecule has 2 heteroatoms. The quantitative estimate of drug-likeness (QED) is 0.791. The van der Waals surface area contributed by atoms with Gasteiger partial charge in [-0.3, -0.25) is 0 Å². The zero-order valence-electron chi connectivity index (χ0n) is 10.7. The van der Waals surface area contributed by atoms with Gasteiger partial charge in [0, 0.05) is 4.90 Å². The molecule has 1 aromatic carbocycles. The molecule has 0 radical (unpaired) electrons. The highest BCUT2D eigenvalue weighted by Crippen LogP contribution is 2.26. The second kappa shape index (κ2) is 5.74. The number of thioether (sulfide) groups is 1. The van der Waals surface area contributed by atoms with Crippen molar-refractivity contribution in [1.29, 1.82) is 0 Å². The fourth-order valence-corrected chi connectivity index (χ4v) is 2.60. The predicted molar refractivity (Wildman–Crippen MR) is 71.9 cm³/mol. The van der Waals surface area contributed by atoms with Gasteiger partial charge in [0.05, 0.1) is 6.10 Å². The lowest BCUT2D eigenvalue weighted by Crippen LogP contribution is -2.05. The van der Waals surface area contributed by atoms with Gasteiger partial charge in [-0.2, -0.15) is 0 Å². The zero-order chi connectivity index (χ0) is 12.2. The number of hydrogen-bond donors (Lipinski definition) is 1. The normalized spacial score (nSPS) is 13.8. The van der Waals surface area contributed by atoms with Crippen molar-refractivity contribution in [2.24, 2.45) is 5.41 Å². The molecule has 90 valence electrons. The maximum atomic E-state index is 9.39. The molecule has 1 nitrogen and oxygen atoms in total. The molecule has 1 N–H and O–H groups in total. The summed E-state index contributed by atoms with van der Waals surface area (Å²) < 4.78 is 0. The first-order valence-corrected chi connectivity index (χ1v) is 6.78. The molecular weight excluding hydrogens is 216 g/mol. The third kappa shape index (κ3) is 5.04. The lowest BCUT2D eigenvalue weighted by atomic mass is 9.94. The second-order valence-corrected chi connectivity index (χ2v) is 6.57. The summed E-state index contributed by atoms with van der Waals surface area (Å²) in [5, 5.41) is 9.39. The SMILES string of the molecule is CC(O)c1ccc(SCCC(C)(C)C)cc1. The van der Waals surface area contributed by atoms with Crippen molar-refractivity contribution in [2.75, 3.05) is 5.75 Å². The van der Waals surface area contributed by atoms with Crippen LogP contribution in [0, 0.1) is 5.41 Å². The van der Waals surface area contributed by atoms with Gasteiger partial charge >= 0.3 is 0 Å². The van der Waals surface area contributed by atoms with E-state index in [9.17, 15) is 5.11 Å². The Bertz CT molecular complexity index is 309. The second-order valence-electron chi connectivity index (χ2n) is 5.40. The molecule has 16 heavy (non-hydrogen) atoms. The van der Waals surface area contributed by atoms with E-state index in [-0.39, 0.29) is 6.10 Å². The van der Waals surface area contributed by atoms with Crippen LogP contribution >= 0.6 is 11.8 Å². The number of hydrogen-bond acceptors (Lipinski definition) is 2. The lowest BCUT2D eigenvalue weighted by molar-refractivity contribution is 0.199. The van der Waals surface area contributed by atoms with E-state index in [1.807, 2.05) is 23.9 Å². The molecule has 1 unspecified atom stereocenters. The molecular formula is C14H22OS. The van der Waals surface area contributed by atoms with Crippen LogP contribution in [0.25, 0.3) is 0 Å². The van der Waals surface area contributed by atoms with Crippen molar-refractivity contribution < 1.29 is 5.11 Å². The molecule has 0 bridgehead atoms. The van der Waals surface area contributed by atoms with Crippen molar-refractivity contribution in [3.8, 4) is 0 Å². The Balaban J connectivity index is 2.44. The number of aliphatic hydroxyl groups excluding tert-OH is 1. The average Bonchev–Trinajstić information content (AvgIpc) is 2.16. The molecule has 0 aliphatic carbocycles. The van der Waals surface area contributed by atoms with E-state index in [2.05, 4.69) is 32.9 Å². The van der Waals surface area contributed by atoms with E-state index >= 15 is 0 Å². The Kier molecular flexibility index (Phi) is 4.88. The fourth-order valence-electron chi connectivity index (χ4n) is 1.32. The van der Waals surface area contributed by atoms with Crippen LogP contribution in [0.4, 0.5) is 0 Å². The van der Waals surface area contributed by atoms with Crippen molar-refractivity contribution in [3.63, 3.8) is 0 Å². The van der Waals surface area contributed by atoms with Crippen LogP contribution in [0.3, 0.4) is 0 Å². The summed E-state index contributed by atoms with van der Waals surface area (Å²) in [7, 11) is 0. The van der Waals surface area contributed by atoms with Gasteiger partial charge in [-0.25, -0.2) is 0 Å². The highest BCUT2D eigenvalue weighted by molar-refractivity contribution is 7.99. The van der Waals surface area contributed by atoms with Crippen molar-refractivity contribution in [1.82, 2.24) is 0 Å².